The van der Waals surface area contributed by atoms with E-state index in [2.05, 4.69) is 10.5 Å². The first-order chi connectivity index (χ1) is 13.6. The number of aromatic hydroxyl groups is 2. The Hall–Kier alpha value is -2.24. The molecule has 0 spiro atoms. The third-order valence-electron chi connectivity index (χ3n) is 4.74. The van der Waals surface area contributed by atoms with Gasteiger partial charge in [0.15, 0.2) is 0 Å². The molecule has 2 aromatic rings. The summed E-state index contributed by atoms with van der Waals surface area (Å²) in [5.41, 5.74) is 4.71. The quantitative estimate of drug-likeness (QED) is 0.387. The van der Waals surface area contributed by atoms with Gasteiger partial charge in [0.05, 0.1) is 16.3 Å². The number of phenolic OH excluding ortho intramolecular Hbond substituents is 2. The van der Waals surface area contributed by atoms with Crippen LogP contribution in [0.15, 0.2) is 29.4 Å². The fourth-order valence-electron chi connectivity index (χ4n) is 2.99. The smallest absolute Gasteiger partial charge is 0.275 e. The van der Waals surface area contributed by atoms with Crippen LogP contribution < -0.4 is 5.43 Å². The number of phenols is 2. The lowest BCUT2D eigenvalue weighted by Gasteiger charge is -2.28. The van der Waals surface area contributed by atoms with E-state index in [-0.39, 0.29) is 37.9 Å². The van der Waals surface area contributed by atoms with Gasteiger partial charge in [-0.25, -0.2) is 5.43 Å². The number of hydrogen-bond donors (Lipinski definition) is 3. The van der Waals surface area contributed by atoms with Gasteiger partial charge in [-0.05, 0) is 47.6 Å². The fraction of sp³-hybridized carbons (Fsp3) is 0.391. The summed E-state index contributed by atoms with van der Waals surface area (Å²) in [6.45, 7) is 13.9. The van der Waals surface area contributed by atoms with E-state index in [1.54, 1.807) is 6.92 Å². The third-order valence-corrected chi connectivity index (χ3v) is 5.25. The summed E-state index contributed by atoms with van der Waals surface area (Å²) in [6.07, 6.45) is 0. The van der Waals surface area contributed by atoms with E-state index < -0.39 is 5.91 Å². The fourth-order valence-corrected chi connectivity index (χ4v) is 3.48. The van der Waals surface area contributed by atoms with Gasteiger partial charge in [-0.15, -0.1) is 0 Å². The number of hydrazone groups is 1. The van der Waals surface area contributed by atoms with Crippen molar-refractivity contribution < 1.29 is 15.0 Å². The van der Waals surface area contributed by atoms with E-state index in [1.165, 1.54) is 12.1 Å². The molecule has 5 nitrogen and oxygen atoms in total. The Morgan fingerprint density at radius 1 is 0.900 bits per heavy atom. The number of hydrogen-bond acceptors (Lipinski definition) is 4. The summed E-state index contributed by atoms with van der Waals surface area (Å²) in [7, 11) is 0. The number of nitrogens with one attached hydrogen (secondary N) is 1. The minimum absolute atomic E-state index is 0.0171. The van der Waals surface area contributed by atoms with Crippen molar-refractivity contribution in [1.82, 2.24) is 5.43 Å². The van der Waals surface area contributed by atoms with E-state index in [0.29, 0.717) is 5.71 Å². The Labute approximate surface area is 187 Å². The molecule has 0 aromatic heterocycles. The summed E-state index contributed by atoms with van der Waals surface area (Å²) in [4.78, 5) is 12.5. The monoisotopic (exact) mass is 450 g/mol. The van der Waals surface area contributed by atoms with Gasteiger partial charge < -0.3 is 10.2 Å². The largest absolute Gasteiger partial charge is 0.507 e. The molecule has 7 heteroatoms. The molecule has 0 aliphatic heterocycles. The Morgan fingerprint density at radius 2 is 1.40 bits per heavy atom. The highest BCUT2D eigenvalue weighted by Gasteiger charge is 2.27. The maximum absolute atomic E-state index is 12.5. The average Bonchev–Trinajstić information content (AvgIpc) is 2.60. The van der Waals surface area contributed by atoms with Gasteiger partial charge in [0.25, 0.3) is 5.91 Å². The lowest BCUT2D eigenvalue weighted by molar-refractivity contribution is 0.0952. The number of amides is 1. The van der Waals surface area contributed by atoms with Crippen LogP contribution >= 0.6 is 23.2 Å². The first-order valence-corrected chi connectivity index (χ1v) is 10.3. The Balaban J connectivity index is 2.46. The topological polar surface area (TPSA) is 81.9 Å². The van der Waals surface area contributed by atoms with Gasteiger partial charge >= 0.3 is 0 Å². The van der Waals surface area contributed by atoms with Crippen molar-refractivity contribution in [2.75, 3.05) is 0 Å². The SMILES string of the molecule is CC(=NNC(=O)c1cc(Cl)cc(Cl)c1O)c1cc(C(C)(C)C)c(O)c(C(C)(C)C)c1. The molecule has 0 fully saturated rings. The zero-order chi connectivity index (χ0) is 23.0. The molecular weight excluding hydrogens is 423 g/mol. The zero-order valence-electron chi connectivity index (χ0n) is 18.3. The van der Waals surface area contributed by atoms with Crippen LogP contribution in [-0.2, 0) is 10.8 Å². The molecule has 0 aliphatic carbocycles. The summed E-state index contributed by atoms with van der Waals surface area (Å²) in [5.74, 6) is -0.725. The van der Waals surface area contributed by atoms with Crippen molar-refractivity contribution in [1.29, 1.82) is 0 Å². The molecular formula is C23H28Cl2N2O3. The van der Waals surface area contributed by atoms with Gasteiger partial charge in [-0.2, -0.15) is 5.10 Å². The number of carbonyl (C=O) groups excluding carboxylic acids is 1. The van der Waals surface area contributed by atoms with Gasteiger partial charge in [0, 0.05) is 16.1 Å². The number of benzene rings is 2. The molecule has 0 aliphatic rings. The predicted molar refractivity (Wildman–Crippen MR) is 123 cm³/mol. The van der Waals surface area contributed by atoms with E-state index in [9.17, 15) is 15.0 Å². The van der Waals surface area contributed by atoms with Crippen LogP contribution in [-0.4, -0.2) is 21.8 Å². The molecule has 0 radical (unpaired) electrons. The van der Waals surface area contributed by atoms with E-state index in [0.717, 1.165) is 16.7 Å². The standard InChI is InChI=1S/C23H28Cl2N2O3/c1-12(26-27-21(30)15-10-14(24)11-18(25)19(15)28)13-8-16(22(2,3)4)20(29)17(9-13)23(5,6)7/h8-11,28-29H,1-7H3,(H,27,30). The maximum atomic E-state index is 12.5. The number of halogens is 2. The summed E-state index contributed by atoms with van der Waals surface area (Å²) in [6, 6.07) is 6.42. The third kappa shape index (κ3) is 5.27. The highest BCUT2D eigenvalue weighted by atomic mass is 35.5. The summed E-state index contributed by atoms with van der Waals surface area (Å²) in [5, 5.41) is 25.3. The highest BCUT2D eigenvalue weighted by Crippen LogP contribution is 2.40. The molecule has 0 atom stereocenters. The second-order valence-electron chi connectivity index (χ2n) is 9.34. The molecule has 0 bridgehead atoms. The van der Waals surface area contributed by atoms with Crippen LogP contribution in [0.1, 0.15) is 75.5 Å². The van der Waals surface area contributed by atoms with Crippen LogP contribution in [0.2, 0.25) is 10.0 Å². The van der Waals surface area contributed by atoms with Crippen molar-refractivity contribution in [2.45, 2.75) is 59.3 Å². The lowest BCUT2D eigenvalue weighted by Crippen LogP contribution is -2.21. The van der Waals surface area contributed by atoms with E-state index in [1.807, 2.05) is 53.7 Å². The molecule has 162 valence electrons. The van der Waals surface area contributed by atoms with Crippen LogP contribution in [0.25, 0.3) is 0 Å². The second kappa shape index (κ2) is 8.48. The molecule has 0 saturated carbocycles. The first kappa shape index (κ1) is 24.0. The normalized spacial score (nSPS) is 12.8. The van der Waals surface area contributed by atoms with Gasteiger partial charge in [-0.3, -0.25) is 4.79 Å². The highest BCUT2D eigenvalue weighted by molar-refractivity contribution is 6.36. The van der Waals surface area contributed by atoms with Crippen LogP contribution in [0.3, 0.4) is 0 Å². The van der Waals surface area contributed by atoms with Gasteiger partial charge in [0.1, 0.15) is 11.5 Å². The predicted octanol–water partition coefficient (Wildman–Crippen LogP) is 6.15. The van der Waals surface area contributed by atoms with Gasteiger partial charge in [0.2, 0.25) is 0 Å². The maximum Gasteiger partial charge on any atom is 0.275 e. The van der Waals surface area contributed by atoms with Crippen LogP contribution in [0.4, 0.5) is 0 Å². The molecule has 3 N–H and O–H groups in total. The van der Waals surface area contributed by atoms with Crippen molar-refractivity contribution in [3.8, 4) is 11.5 Å². The Kier molecular flexibility index (Phi) is 6.79. The van der Waals surface area contributed by atoms with E-state index >= 15 is 0 Å². The molecule has 0 heterocycles. The van der Waals surface area contributed by atoms with Crippen molar-refractivity contribution >= 4 is 34.8 Å². The second-order valence-corrected chi connectivity index (χ2v) is 10.2. The average molecular weight is 451 g/mol. The molecule has 1 amide bonds. The molecule has 0 unspecified atom stereocenters. The number of rotatable bonds is 3. The summed E-state index contributed by atoms with van der Waals surface area (Å²) >= 11 is 11.8. The molecule has 30 heavy (non-hydrogen) atoms. The zero-order valence-corrected chi connectivity index (χ0v) is 19.8. The van der Waals surface area contributed by atoms with E-state index in [4.69, 9.17) is 23.2 Å². The minimum Gasteiger partial charge on any atom is -0.507 e. The lowest BCUT2D eigenvalue weighted by atomic mass is 9.78. The van der Waals surface area contributed by atoms with Crippen molar-refractivity contribution in [2.24, 2.45) is 5.10 Å². The molecule has 0 saturated heterocycles. The van der Waals surface area contributed by atoms with Crippen LogP contribution in [0, 0.1) is 0 Å². The van der Waals surface area contributed by atoms with Crippen molar-refractivity contribution in [3.05, 3.63) is 56.6 Å². The summed E-state index contributed by atoms with van der Waals surface area (Å²) < 4.78 is 0. The number of nitrogens with zero attached hydrogens (tertiary/aromatic N) is 1. The molecule has 2 aromatic carbocycles. The first-order valence-electron chi connectivity index (χ1n) is 9.54. The minimum atomic E-state index is -0.637. The Bertz CT molecular complexity index is 981. The van der Waals surface area contributed by atoms with Gasteiger partial charge in [-0.1, -0.05) is 64.7 Å². The van der Waals surface area contributed by atoms with Crippen LogP contribution in [0.5, 0.6) is 11.5 Å². The number of carbonyl (C=O) groups is 1. The van der Waals surface area contributed by atoms with Crippen molar-refractivity contribution in [3.63, 3.8) is 0 Å². The Morgan fingerprint density at radius 3 is 1.87 bits per heavy atom. The molecule has 2 rings (SSSR count).